The first kappa shape index (κ1) is 20.0. The lowest BCUT2D eigenvalue weighted by Crippen LogP contribution is -2.15. The molecule has 3 heterocycles. The number of anilines is 3. The molecule has 0 atom stereocenters. The molecule has 156 valence electrons. The van der Waals surface area contributed by atoms with Crippen LogP contribution < -0.4 is 10.6 Å². The second kappa shape index (κ2) is 7.85. The third-order valence-electron chi connectivity index (χ3n) is 4.35. The van der Waals surface area contributed by atoms with Crippen LogP contribution in [-0.4, -0.2) is 31.0 Å². The zero-order valence-electron chi connectivity index (χ0n) is 16.4. The third-order valence-corrected chi connectivity index (χ3v) is 4.35. The Morgan fingerprint density at radius 2 is 1.77 bits per heavy atom. The Balaban J connectivity index is 1.70. The summed E-state index contributed by atoms with van der Waals surface area (Å²) in [6.45, 7) is 3.81. The highest BCUT2D eigenvalue weighted by Crippen LogP contribution is 2.39. The summed E-state index contributed by atoms with van der Waals surface area (Å²) in [6.07, 6.45) is -0.606. The van der Waals surface area contributed by atoms with E-state index in [4.69, 9.17) is 0 Å². The van der Waals surface area contributed by atoms with Crippen molar-refractivity contribution < 1.29 is 13.2 Å². The molecule has 0 bridgehead atoms. The second-order valence-corrected chi connectivity index (χ2v) is 7.38. The van der Waals surface area contributed by atoms with E-state index in [-0.39, 0.29) is 29.5 Å². The average molecular weight is 415 g/mol. The normalized spacial score (nSPS) is 14.1. The van der Waals surface area contributed by atoms with Crippen molar-refractivity contribution in [3.8, 4) is 11.5 Å². The molecule has 3 aromatic rings. The van der Waals surface area contributed by atoms with Gasteiger partial charge in [-0.05, 0) is 51.0 Å². The van der Waals surface area contributed by atoms with E-state index in [1.165, 1.54) is 12.1 Å². The van der Waals surface area contributed by atoms with Gasteiger partial charge in [0.2, 0.25) is 11.9 Å². The highest BCUT2D eigenvalue weighted by Gasteiger charge is 2.32. The summed E-state index contributed by atoms with van der Waals surface area (Å²) >= 11 is 0. The van der Waals surface area contributed by atoms with Crippen LogP contribution in [0.4, 0.5) is 30.8 Å². The fourth-order valence-electron chi connectivity index (χ4n) is 2.84. The van der Waals surface area contributed by atoms with Crippen LogP contribution in [0.5, 0.6) is 0 Å². The van der Waals surface area contributed by atoms with E-state index in [1.807, 2.05) is 19.9 Å². The number of alkyl halides is 3. The van der Waals surface area contributed by atoms with E-state index < -0.39 is 11.9 Å². The SMILES string of the molecule is CC(C)Nc1nc(Nc2ccnc(C3CC3)c2)nc(-c2cccc(C(F)(F)F)n2)n1. The fourth-order valence-corrected chi connectivity index (χ4v) is 2.84. The molecule has 3 aromatic heterocycles. The summed E-state index contributed by atoms with van der Waals surface area (Å²) in [5.41, 5.74) is 0.748. The summed E-state index contributed by atoms with van der Waals surface area (Å²) in [6, 6.07) is 7.36. The molecule has 0 aliphatic heterocycles. The molecule has 0 amide bonds. The first-order valence-corrected chi connectivity index (χ1v) is 9.58. The van der Waals surface area contributed by atoms with E-state index in [1.54, 1.807) is 12.3 Å². The maximum Gasteiger partial charge on any atom is 0.433 e. The van der Waals surface area contributed by atoms with Gasteiger partial charge in [0.15, 0.2) is 5.82 Å². The number of hydrogen-bond donors (Lipinski definition) is 2. The van der Waals surface area contributed by atoms with Gasteiger partial charge in [-0.2, -0.15) is 28.1 Å². The number of rotatable bonds is 6. The van der Waals surface area contributed by atoms with Gasteiger partial charge >= 0.3 is 6.18 Å². The zero-order chi connectivity index (χ0) is 21.3. The fraction of sp³-hybridized carbons (Fsp3) is 0.350. The van der Waals surface area contributed by atoms with Crippen LogP contribution >= 0.6 is 0 Å². The van der Waals surface area contributed by atoms with Crippen LogP contribution in [0.15, 0.2) is 36.5 Å². The highest BCUT2D eigenvalue weighted by atomic mass is 19.4. The van der Waals surface area contributed by atoms with Crippen LogP contribution in [0.3, 0.4) is 0 Å². The number of pyridine rings is 2. The second-order valence-electron chi connectivity index (χ2n) is 7.38. The molecule has 1 saturated carbocycles. The highest BCUT2D eigenvalue weighted by molar-refractivity contribution is 5.59. The van der Waals surface area contributed by atoms with Crippen LogP contribution in [-0.2, 0) is 6.18 Å². The van der Waals surface area contributed by atoms with Gasteiger partial charge in [0.05, 0.1) is 0 Å². The lowest BCUT2D eigenvalue weighted by atomic mass is 10.2. The first-order chi connectivity index (χ1) is 14.3. The summed E-state index contributed by atoms with van der Waals surface area (Å²) in [5, 5.41) is 6.16. The monoisotopic (exact) mass is 415 g/mol. The predicted molar refractivity (Wildman–Crippen MR) is 106 cm³/mol. The van der Waals surface area contributed by atoms with Crippen LogP contribution in [0.25, 0.3) is 11.5 Å². The molecule has 0 aromatic carbocycles. The summed E-state index contributed by atoms with van der Waals surface area (Å²) < 4.78 is 39.2. The lowest BCUT2D eigenvalue weighted by Gasteiger charge is -2.13. The van der Waals surface area contributed by atoms with Gasteiger partial charge in [-0.1, -0.05) is 6.07 Å². The lowest BCUT2D eigenvalue weighted by molar-refractivity contribution is -0.141. The van der Waals surface area contributed by atoms with E-state index in [0.29, 0.717) is 5.92 Å². The third kappa shape index (κ3) is 4.81. The topological polar surface area (TPSA) is 88.5 Å². The Morgan fingerprint density at radius 1 is 1.00 bits per heavy atom. The van der Waals surface area contributed by atoms with Gasteiger partial charge in [-0.25, -0.2) is 4.98 Å². The molecule has 2 N–H and O–H groups in total. The molecular weight excluding hydrogens is 395 g/mol. The number of nitrogens with one attached hydrogen (secondary N) is 2. The maximum atomic E-state index is 13.1. The minimum absolute atomic E-state index is 0.00970. The quantitative estimate of drug-likeness (QED) is 0.598. The minimum Gasteiger partial charge on any atom is -0.352 e. The van der Waals surface area contributed by atoms with Crippen LogP contribution in [0, 0.1) is 0 Å². The maximum absolute atomic E-state index is 13.1. The van der Waals surface area contributed by atoms with E-state index in [0.717, 1.165) is 30.3 Å². The largest absolute Gasteiger partial charge is 0.433 e. The number of halogens is 3. The van der Waals surface area contributed by atoms with Gasteiger partial charge in [0, 0.05) is 29.5 Å². The number of hydrogen-bond acceptors (Lipinski definition) is 7. The van der Waals surface area contributed by atoms with Crippen molar-refractivity contribution in [2.45, 2.75) is 44.8 Å². The van der Waals surface area contributed by atoms with Crippen molar-refractivity contribution >= 4 is 17.6 Å². The van der Waals surface area contributed by atoms with Crippen LogP contribution in [0.1, 0.15) is 44.0 Å². The molecule has 7 nitrogen and oxygen atoms in total. The van der Waals surface area contributed by atoms with Crippen LogP contribution in [0.2, 0.25) is 0 Å². The molecule has 1 aliphatic rings. The van der Waals surface area contributed by atoms with Gasteiger partial charge < -0.3 is 10.6 Å². The molecule has 30 heavy (non-hydrogen) atoms. The molecule has 1 fully saturated rings. The van der Waals surface area contributed by atoms with E-state index >= 15 is 0 Å². The molecule has 10 heteroatoms. The smallest absolute Gasteiger partial charge is 0.352 e. The predicted octanol–water partition coefficient (Wildman–Crippen LogP) is 4.79. The van der Waals surface area contributed by atoms with Gasteiger partial charge in [0.25, 0.3) is 0 Å². The van der Waals surface area contributed by atoms with E-state index in [9.17, 15) is 13.2 Å². The molecule has 0 spiro atoms. The van der Waals surface area contributed by atoms with Crippen molar-refractivity contribution in [3.63, 3.8) is 0 Å². The van der Waals surface area contributed by atoms with Crippen molar-refractivity contribution in [2.24, 2.45) is 0 Å². The molecule has 4 rings (SSSR count). The molecule has 1 aliphatic carbocycles. The van der Waals surface area contributed by atoms with Crippen molar-refractivity contribution in [3.05, 3.63) is 47.9 Å². The van der Waals surface area contributed by atoms with Gasteiger partial charge in [-0.15, -0.1) is 0 Å². The van der Waals surface area contributed by atoms with Gasteiger partial charge in [0.1, 0.15) is 11.4 Å². The van der Waals surface area contributed by atoms with Crippen molar-refractivity contribution in [2.75, 3.05) is 10.6 Å². The Bertz CT molecular complexity index is 1050. The van der Waals surface area contributed by atoms with Crippen molar-refractivity contribution in [1.82, 2.24) is 24.9 Å². The number of aromatic nitrogens is 5. The summed E-state index contributed by atoms with van der Waals surface area (Å²) in [5.74, 6) is 0.967. The summed E-state index contributed by atoms with van der Waals surface area (Å²) in [7, 11) is 0. The number of nitrogens with zero attached hydrogens (tertiary/aromatic N) is 5. The van der Waals surface area contributed by atoms with Gasteiger partial charge in [-0.3, -0.25) is 4.98 Å². The first-order valence-electron chi connectivity index (χ1n) is 9.58. The molecular formula is C20H20F3N7. The zero-order valence-corrected chi connectivity index (χ0v) is 16.4. The average Bonchev–Trinajstić information content (AvgIpc) is 3.52. The Kier molecular flexibility index (Phi) is 5.23. The van der Waals surface area contributed by atoms with E-state index in [2.05, 4.69) is 35.6 Å². The Morgan fingerprint density at radius 3 is 2.47 bits per heavy atom. The molecule has 0 radical (unpaired) electrons. The Labute approximate surface area is 171 Å². The molecule has 0 unspecified atom stereocenters. The standard InChI is InChI=1S/C20H20F3N7/c1-11(2)25-18-28-17(14-4-3-5-16(27-14)20(21,22)23)29-19(30-18)26-13-8-9-24-15(10-13)12-6-7-12/h3-5,8-12H,6-7H2,1-2H3,(H2,24,25,26,28,29,30). The summed E-state index contributed by atoms with van der Waals surface area (Å²) in [4.78, 5) is 20.9. The van der Waals surface area contributed by atoms with Crippen molar-refractivity contribution in [1.29, 1.82) is 0 Å². The minimum atomic E-state index is -4.56. The Hall–Kier alpha value is -3.30. The molecule has 0 saturated heterocycles.